The molecule has 1 amide bonds. The summed E-state index contributed by atoms with van der Waals surface area (Å²) in [4.78, 5) is 20.4. The van der Waals surface area contributed by atoms with Crippen LogP contribution in [0.5, 0.6) is 5.75 Å². The van der Waals surface area contributed by atoms with E-state index in [-0.39, 0.29) is 12.0 Å². The van der Waals surface area contributed by atoms with Crippen LogP contribution in [-0.2, 0) is 16.6 Å². The van der Waals surface area contributed by atoms with Crippen molar-refractivity contribution in [1.82, 2.24) is 19.7 Å². The van der Waals surface area contributed by atoms with E-state index >= 15 is 0 Å². The predicted octanol–water partition coefficient (Wildman–Crippen LogP) is 3.64. The first-order chi connectivity index (χ1) is 15.5. The summed E-state index contributed by atoms with van der Waals surface area (Å²) >= 11 is 6.35. The van der Waals surface area contributed by atoms with E-state index < -0.39 is 0 Å². The molecule has 11 heteroatoms. The number of aryl methyl sites for hydroxylation is 1. The molecule has 1 unspecified atom stereocenters. The van der Waals surface area contributed by atoms with Crippen molar-refractivity contribution in [3.63, 3.8) is 0 Å². The third kappa shape index (κ3) is 5.34. The molecule has 0 aliphatic carbocycles. The van der Waals surface area contributed by atoms with Crippen molar-refractivity contribution >= 4 is 46.3 Å². The van der Waals surface area contributed by atoms with E-state index in [1.807, 2.05) is 7.05 Å². The van der Waals surface area contributed by atoms with Crippen molar-refractivity contribution in [3.8, 4) is 5.75 Å². The minimum Gasteiger partial charge on any atom is -0.486 e. The number of carbonyl (C=O) groups is 1. The van der Waals surface area contributed by atoms with Crippen molar-refractivity contribution in [2.45, 2.75) is 12.5 Å². The summed E-state index contributed by atoms with van der Waals surface area (Å²) in [6.07, 6.45) is 6.88. The summed E-state index contributed by atoms with van der Waals surface area (Å²) in [6, 6.07) is 5.25. The lowest BCUT2D eigenvalue weighted by Crippen LogP contribution is -2.17. The molecule has 32 heavy (non-hydrogen) atoms. The molecule has 2 aromatic heterocycles. The van der Waals surface area contributed by atoms with E-state index in [1.54, 1.807) is 35.3 Å². The number of ether oxygens (including phenoxy) is 2. The fourth-order valence-corrected chi connectivity index (χ4v) is 3.18. The van der Waals surface area contributed by atoms with Gasteiger partial charge in [0.25, 0.3) is 0 Å². The van der Waals surface area contributed by atoms with Gasteiger partial charge in [0.15, 0.2) is 5.82 Å². The van der Waals surface area contributed by atoms with Crippen LogP contribution in [0.3, 0.4) is 0 Å². The molecule has 10 nitrogen and oxygen atoms in total. The van der Waals surface area contributed by atoms with Gasteiger partial charge in [-0.3, -0.25) is 9.48 Å². The number of nitrogens with one attached hydrogen (secondary N) is 3. The van der Waals surface area contributed by atoms with Crippen molar-refractivity contribution in [2.75, 3.05) is 29.2 Å². The Labute approximate surface area is 189 Å². The Bertz CT molecular complexity index is 1130. The number of hydrogen-bond acceptors (Lipinski definition) is 8. The standard InChI is InChI=1S/C21H22ClN7O3/c1-3-19(30)25-13-4-5-18(32-15-6-7-31-12-15)17(8-13)27-20-16(22)10-23-21(28-20)26-14-9-24-29(2)11-14/h3-5,8-11,15H,1,6-7,12H2,2H3,(H,25,30)(H2,23,26,27,28). The molecule has 3 heterocycles. The maximum absolute atomic E-state index is 11.7. The Hall–Kier alpha value is -3.63. The Morgan fingerprint density at radius 2 is 2.22 bits per heavy atom. The lowest BCUT2D eigenvalue weighted by Gasteiger charge is -2.18. The summed E-state index contributed by atoms with van der Waals surface area (Å²) in [5, 5.41) is 13.4. The molecule has 166 valence electrons. The number of aromatic nitrogens is 4. The third-order valence-corrected chi connectivity index (χ3v) is 4.85. The van der Waals surface area contributed by atoms with E-state index in [0.29, 0.717) is 47.1 Å². The van der Waals surface area contributed by atoms with E-state index in [9.17, 15) is 4.79 Å². The van der Waals surface area contributed by atoms with Gasteiger partial charge in [0, 0.05) is 25.4 Å². The van der Waals surface area contributed by atoms with E-state index in [0.717, 1.165) is 12.1 Å². The van der Waals surface area contributed by atoms with Crippen LogP contribution in [0, 0.1) is 0 Å². The minimum absolute atomic E-state index is 0.0622. The first-order valence-electron chi connectivity index (χ1n) is 9.87. The fraction of sp³-hybridized carbons (Fsp3) is 0.238. The van der Waals surface area contributed by atoms with Crippen molar-refractivity contribution in [2.24, 2.45) is 7.05 Å². The number of benzene rings is 1. The highest BCUT2D eigenvalue weighted by Crippen LogP contribution is 2.34. The normalized spacial score (nSPS) is 15.2. The Morgan fingerprint density at radius 3 is 2.94 bits per heavy atom. The van der Waals surface area contributed by atoms with Crippen LogP contribution in [0.15, 0.2) is 49.4 Å². The maximum atomic E-state index is 11.7. The number of anilines is 5. The largest absolute Gasteiger partial charge is 0.486 e. The van der Waals surface area contributed by atoms with Crippen LogP contribution in [0.1, 0.15) is 6.42 Å². The zero-order valence-corrected chi connectivity index (χ0v) is 18.1. The molecule has 0 bridgehead atoms. The van der Waals surface area contributed by atoms with Crippen molar-refractivity contribution in [1.29, 1.82) is 0 Å². The molecule has 1 aliphatic heterocycles. The van der Waals surface area contributed by atoms with Crippen LogP contribution in [-0.4, -0.2) is 45.0 Å². The average molecular weight is 456 g/mol. The summed E-state index contributed by atoms with van der Waals surface area (Å²) in [6.45, 7) is 4.65. The van der Waals surface area contributed by atoms with E-state index in [1.165, 1.54) is 12.3 Å². The predicted molar refractivity (Wildman–Crippen MR) is 122 cm³/mol. The number of rotatable bonds is 8. The van der Waals surface area contributed by atoms with Gasteiger partial charge in [-0.25, -0.2) is 4.98 Å². The quantitative estimate of drug-likeness (QED) is 0.441. The molecular weight excluding hydrogens is 434 g/mol. The smallest absolute Gasteiger partial charge is 0.247 e. The lowest BCUT2D eigenvalue weighted by atomic mass is 10.2. The number of nitrogens with zero attached hydrogens (tertiary/aromatic N) is 4. The Kier molecular flexibility index (Phi) is 6.52. The molecule has 0 spiro atoms. The molecule has 0 saturated carbocycles. The van der Waals surface area contributed by atoms with E-state index in [4.69, 9.17) is 21.1 Å². The monoisotopic (exact) mass is 455 g/mol. The van der Waals surface area contributed by atoms with Gasteiger partial charge in [-0.2, -0.15) is 10.1 Å². The number of carbonyl (C=O) groups excluding carboxylic acids is 1. The van der Waals surface area contributed by atoms with Gasteiger partial charge in [0.1, 0.15) is 16.9 Å². The molecule has 4 rings (SSSR count). The van der Waals surface area contributed by atoms with Gasteiger partial charge in [0.2, 0.25) is 11.9 Å². The maximum Gasteiger partial charge on any atom is 0.247 e. The zero-order chi connectivity index (χ0) is 22.5. The highest BCUT2D eigenvalue weighted by atomic mass is 35.5. The molecule has 3 N–H and O–H groups in total. The molecule has 1 atom stereocenters. The summed E-state index contributed by atoms with van der Waals surface area (Å²) in [7, 11) is 1.82. The van der Waals surface area contributed by atoms with Gasteiger partial charge in [-0.15, -0.1) is 0 Å². The summed E-state index contributed by atoms with van der Waals surface area (Å²) < 4.78 is 13.2. The molecule has 1 fully saturated rings. The van der Waals surface area contributed by atoms with Crippen LogP contribution >= 0.6 is 11.6 Å². The Balaban J connectivity index is 1.61. The average Bonchev–Trinajstić information content (AvgIpc) is 3.44. The summed E-state index contributed by atoms with van der Waals surface area (Å²) in [5.74, 6) is 0.964. The topological polar surface area (TPSA) is 115 Å². The van der Waals surface area contributed by atoms with Gasteiger partial charge in [-0.05, 0) is 24.3 Å². The van der Waals surface area contributed by atoms with Crippen LogP contribution in [0.4, 0.5) is 28.8 Å². The highest BCUT2D eigenvalue weighted by Gasteiger charge is 2.20. The van der Waals surface area contributed by atoms with Crippen LogP contribution in [0.25, 0.3) is 0 Å². The van der Waals surface area contributed by atoms with Crippen molar-refractivity contribution < 1.29 is 14.3 Å². The third-order valence-electron chi connectivity index (χ3n) is 4.57. The number of hydrogen-bond donors (Lipinski definition) is 3. The molecule has 0 radical (unpaired) electrons. The number of amides is 1. The Morgan fingerprint density at radius 1 is 1.34 bits per heavy atom. The fourth-order valence-electron chi connectivity index (χ4n) is 3.04. The second-order valence-corrected chi connectivity index (χ2v) is 7.46. The molecular formula is C21H22ClN7O3. The number of halogens is 1. The SMILES string of the molecule is C=CC(=O)Nc1ccc(OC2CCOC2)c(Nc2nc(Nc3cnn(C)c3)ncc2Cl)c1. The second-order valence-electron chi connectivity index (χ2n) is 7.05. The zero-order valence-electron chi connectivity index (χ0n) is 17.3. The molecule has 1 aromatic carbocycles. The van der Waals surface area contributed by atoms with Gasteiger partial charge >= 0.3 is 0 Å². The molecule has 3 aromatic rings. The van der Waals surface area contributed by atoms with Crippen LogP contribution < -0.4 is 20.7 Å². The first kappa shape index (κ1) is 21.6. The van der Waals surface area contributed by atoms with E-state index in [2.05, 4.69) is 37.6 Å². The van der Waals surface area contributed by atoms with Crippen LogP contribution in [0.2, 0.25) is 5.02 Å². The van der Waals surface area contributed by atoms with Crippen molar-refractivity contribution in [3.05, 3.63) is 54.5 Å². The van der Waals surface area contributed by atoms with Gasteiger partial charge in [-0.1, -0.05) is 18.2 Å². The second kappa shape index (κ2) is 9.67. The molecule has 1 saturated heterocycles. The van der Waals surface area contributed by atoms with Gasteiger partial charge < -0.3 is 25.4 Å². The lowest BCUT2D eigenvalue weighted by molar-refractivity contribution is -0.111. The molecule has 1 aliphatic rings. The van der Waals surface area contributed by atoms with Gasteiger partial charge in [0.05, 0.1) is 37.0 Å². The first-order valence-corrected chi connectivity index (χ1v) is 10.2. The highest BCUT2D eigenvalue weighted by molar-refractivity contribution is 6.33. The minimum atomic E-state index is -0.322. The summed E-state index contributed by atoms with van der Waals surface area (Å²) in [5.41, 5.74) is 1.87.